The van der Waals surface area contributed by atoms with Crippen LogP contribution in [0.15, 0.2) is 30.3 Å². The predicted octanol–water partition coefficient (Wildman–Crippen LogP) is 2.51. The summed E-state index contributed by atoms with van der Waals surface area (Å²) in [6, 6.07) is 9.12. The number of carbonyl (C=O) groups is 1. The zero-order chi connectivity index (χ0) is 15.4. The number of benzene rings is 1. The lowest BCUT2D eigenvalue weighted by molar-refractivity contribution is -0.138. The molecule has 1 aromatic carbocycles. The number of ether oxygens (including phenoxy) is 1. The Morgan fingerprint density at radius 3 is 2.43 bits per heavy atom. The van der Waals surface area contributed by atoms with Crippen molar-refractivity contribution in [3.05, 3.63) is 53.1 Å². The van der Waals surface area contributed by atoms with Gasteiger partial charge in [0.25, 0.3) is 0 Å². The second-order valence-corrected chi connectivity index (χ2v) is 4.92. The molecule has 0 aliphatic carbocycles. The van der Waals surface area contributed by atoms with Crippen LogP contribution in [0.25, 0.3) is 0 Å². The molecule has 0 amide bonds. The van der Waals surface area contributed by atoms with Gasteiger partial charge >= 0.3 is 5.97 Å². The van der Waals surface area contributed by atoms with E-state index in [0.29, 0.717) is 17.9 Å². The van der Waals surface area contributed by atoms with Crippen molar-refractivity contribution in [3.63, 3.8) is 0 Å². The summed E-state index contributed by atoms with van der Waals surface area (Å²) in [7, 11) is 1.60. The fraction of sp³-hybridized carbons (Fsp3) is 0.312. The molecule has 1 heterocycles. The van der Waals surface area contributed by atoms with E-state index in [1.807, 2.05) is 31.2 Å². The normalized spacial score (nSPS) is 12.0. The van der Waals surface area contributed by atoms with Crippen LogP contribution < -0.4 is 4.74 Å². The zero-order valence-electron chi connectivity index (χ0n) is 12.3. The van der Waals surface area contributed by atoms with E-state index >= 15 is 0 Å². The number of methoxy groups -OCH3 is 1. The summed E-state index contributed by atoms with van der Waals surface area (Å²) in [5, 5.41) is 9.49. The number of aryl methyl sites for hydroxylation is 2. The molecule has 0 aliphatic heterocycles. The summed E-state index contributed by atoms with van der Waals surface area (Å²) in [6.45, 7) is 3.60. The van der Waals surface area contributed by atoms with Crippen LogP contribution in [0.5, 0.6) is 5.75 Å². The van der Waals surface area contributed by atoms with Gasteiger partial charge in [0.1, 0.15) is 17.5 Å². The number of nitrogens with zero attached hydrogens (tertiary/aromatic N) is 2. The first-order valence-electron chi connectivity index (χ1n) is 6.67. The first-order valence-corrected chi connectivity index (χ1v) is 6.67. The van der Waals surface area contributed by atoms with Crippen molar-refractivity contribution in [1.82, 2.24) is 9.97 Å². The highest BCUT2D eigenvalue weighted by Gasteiger charge is 2.22. The molecule has 21 heavy (non-hydrogen) atoms. The maximum atomic E-state index is 11.6. The number of rotatable bonds is 5. The monoisotopic (exact) mass is 286 g/mol. The van der Waals surface area contributed by atoms with Gasteiger partial charge < -0.3 is 9.84 Å². The summed E-state index contributed by atoms with van der Waals surface area (Å²) in [5.41, 5.74) is 2.25. The molecule has 5 nitrogen and oxygen atoms in total. The van der Waals surface area contributed by atoms with Gasteiger partial charge in [0.2, 0.25) is 0 Å². The molecule has 0 saturated heterocycles. The Morgan fingerprint density at radius 2 is 1.90 bits per heavy atom. The molecule has 0 aliphatic rings. The topological polar surface area (TPSA) is 72.3 Å². The van der Waals surface area contributed by atoms with E-state index in [2.05, 4.69) is 9.97 Å². The van der Waals surface area contributed by atoms with E-state index in [1.165, 1.54) is 0 Å². The van der Waals surface area contributed by atoms with Crippen LogP contribution in [0.3, 0.4) is 0 Å². The second-order valence-electron chi connectivity index (χ2n) is 4.92. The van der Waals surface area contributed by atoms with E-state index in [1.54, 1.807) is 20.1 Å². The molecular formula is C16H18N2O3. The van der Waals surface area contributed by atoms with Crippen LogP contribution in [-0.4, -0.2) is 28.2 Å². The molecule has 0 radical (unpaired) electrons. The Morgan fingerprint density at radius 1 is 1.24 bits per heavy atom. The fourth-order valence-corrected chi connectivity index (χ4v) is 2.24. The number of carboxylic acids is 1. The molecule has 0 bridgehead atoms. The number of aliphatic carboxylic acids is 1. The number of carboxylic acid groups (broad SMARTS) is 1. The van der Waals surface area contributed by atoms with E-state index in [9.17, 15) is 9.90 Å². The average Bonchev–Trinajstić information content (AvgIpc) is 2.44. The lowest BCUT2D eigenvalue weighted by Crippen LogP contribution is -2.17. The maximum absolute atomic E-state index is 11.6. The molecular weight excluding hydrogens is 268 g/mol. The van der Waals surface area contributed by atoms with Gasteiger partial charge in [-0.25, -0.2) is 9.97 Å². The van der Waals surface area contributed by atoms with Gasteiger partial charge in [-0.2, -0.15) is 0 Å². The standard InChI is InChI=1S/C16H18N2O3/c1-10-8-15(18-11(2)17-10)14(16(19)20)9-12-4-6-13(21-3)7-5-12/h4-8,14H,9H2,1-3H3,(H,19,20). The summed E-state index contributed by atoms with van der Waals surface area (Å²) >= 11 is 0. The molecule has 1 unspecified atom stereocenters. The summed E-state index contributed by atoms with van der Waals surface area (Å²) in [6.07, 6.45) is 0.384. The smallest absolute Gasteiger partial charge is 0.312 e. The van der Waals surface area contributed by atoms with Crippen LogP contribution in [0.2, 0.25) is 0 Å². The lowest BCUT2D eigenvalue weighted by Gasteiger charge is -2.13. The molecule has 2 rings (SSSR count). The van der Waals surface area contributed by atoms with Gasteiger partial charge in [0.05, 0.1) is 12.8 Å². The zero-order valence-corrected chi connectivity index (χ0v) is 12.3. The van der Waals surface area contributed by atoms with Crippen molar-refractivity contribution >= 4 is 5.97 Å². The molecule has 1 atom stereocenters. The second kappa shape index (κ2) is 6.35. The average molecular weight is 286 g/mol. The number of hydrogen-bond acceptors (Lipinski definition) is 4. The van der Waals surface area contributed by atoms with Crippen molar-refractivity contribution in [2.24, 2.45) is 0 Å². The third-order valence-corrected chi connectivity index (χ3v) is 3.24. The van der Waals surface area contributed by atoms with Crippen LogP contribution in [0.1, 0.15) is 28.7 Å². The van der Waals surface area contributed by atoms with Crippen molar-refractivity contribution in [2.45, 2.75) is 26.2 Å². The van der Waals surface area contributed by atoms with Gasteiger partial charge in [-0.05, 0) is 44.0 Å². The minimum Gasteiger partial charge on any atom is -0.497 e. The SMILES string of the molecule is COc1ccc(CC(C(=O)O)c2cc(C)nc(C)n2)cc1. The van der Waals surface area contributed by atoms with Crippen LogP contribution >= 0.6 is 0 Å². The Hall–Kier alpha value is -2.43. The van der Waals surface area contributed by atoms with E-state index in [-0.39, 0.29) is 0 Å². The third-order valence-electron chi connectivity index (χ3n) is 3.24. The largest absolute Gasteiger partial charge is 0.497 e. The Kier molecular flexibility index (Phi) is 4.52. The lowest BCUT2D eigenvalue weighted by atomic mass is 9.95. The summed E-state index contributed by atoms with van der Waals surface area (Å²) in [5.74, 6) is -0.229. The van der Waals surface area contributed by atoms with Gasteiger partial charge in [-0.3, -0.25) is 4.79 Å². The molecule has 110 valence electrons. The Balaban J connectivity index is 2.28. The van der Waals surface area contributed by atoms with Crippen molar-refractivity contribution in [3.8, 4) is 5.75 Å². The highest BCUT2D eigenvalue weighted by atomic mass is 16.5. The fourth-order valence-electron chi connectivity index (χ4n) is 2.24. The highest BCUT2D eigenvalue weighted by Crippen LogP contribution is 2.22. The highest BCUT2D eigenvalue weighted by molar-refractivity contribution is 5.76. The van der Waals surface area contributed by atoms with Gasteiger partial charge in [0, 0.05) is 5.69 Å². The quantitative estimate of drug-likeness (QED) is 0.914. The van der Waals surface area contributed by atoms with Gasteiger partial charge in [-0.1, -0.05) is 12.1 Å². The van der Waals surface area contributed by atoms with Crippen LogP contribution in [-0.2, 0) is 11.2 Å². The number of hydrogen-bond donors (Lipinski definition) is 1. The molecule has 1 N–H and O–H groups in total. The Labute approximate surface area is 123 Å². The van der Waals surface area contributed by atoms with Crippen molar-refractivity contribution in [2.75, 3.05) is 7.11 Å². The summed E-state index contributed by atoms with van der Waals surface area (Å²) < 4.78 is 5.10. The van der Waals surface area contributed by atoms with Crippen molar-refractivity contribution in [1.29, 1.82) is 0 Å². The van der Waals surface area contributed by atoms with E-state index in [0.717, 1.165) is 17.0 Å². The van der Waals surface area contributed by atoms with E-state index in [4.69, 9.17) is 4.74 Å². The number of aromatic nitrogens is 2. The molecule has 5 heteroatoms. The first kappa shape index (κ1) is 15.0. The minimum atomic E-state index is -0.886. The van der Waals surface area contributed by atoms with Gasteiger partial charge in [0.15, 0.2) is 0 Å². The first-order chi connectivity index (χ1) is 9.99. The van der Waals surface area contributed by atoms with E-state index < -0.39 is 11.9 Å². The maximum Gasteiger partial charge on any atom is 0.312 e. The molecule has 2 aromatic rings. The third kappa shape index (κ3) is 3.78. The summed E-state index contributed by atoms with van der Waals surface area (Å²) in [4.78, 5) is 20.0. The molecule has 1 aromatic heterocycles. The molecule has 0 fully saturated rings. The van der Waals surface area contributed by atoms with Crippen LogP contribution in [0.4, 0.5) is 0 Å². The van der Waals surface area contributed by atoms with Crippen molar-refractivity contribution < 1.29 is 14.6 Å². The van der Waals surface area contributed by atoms with Gasteiger partial charge in [-0.15, -0.1) is 0 Å². The molecule has 0 saturated carbocycles. The van der Waals surface area contributed by atoms with Crippen LogP contribution in [0, 0.1) is 13.8 Å². The Bertz CT molecular complexity index is 618. The predicted molar refractivity (Wildman–Crippen MR) is 78.6 cm³/mol. The molecule has 0 spiro atoms. The minimum absolute atomic E-state index is 0.384.